The number of carbonyl (C=O) groups excluding carboxylic acids is 1. The molecule has 0 unspecified atom stereocenters. The Morgan fingerprint density at radius 3 is 2.68 bits per heavy atom. The molecule has 1 atom stereocenters. The van der Waals surface area contributed by atoms with E-state index < -0.39 is 11.9 Å². The monoisotopic (exact) mass is 472 g/mol. The quantitative estimate of drug-likeness (QED) is 0.383. The van der Waals surface area contributed by atoms with E-state index in [0.29, 0.717) is 39.4 Å². The van der Waals surface area contributed by atoms with Crippen LogP contribution in [0.4, 0.5) is 16.0 Å². The molecule has 0 spiro atoms. The molecule has 7 nitrogen and oxygen atoms in total. The highest BCUT2D eigenvalue weighted by Gasteiger charge is 2.35. The highest BCUT2D eigenvalue weighted by atomic mass is 32.2. The zero-order chi connectivity index (χ0) is 23.5. The average molecular weight is 473 g/mol. The maximum Gasteiger partial charge on any atom is 0.255 e. The number of nitrogens with zero attached hydrogens (tertiary/aromatic N) is 4. The zero-order valence-electron chi connectivity index (χ0n) is 18.3. The Morgan fingerprint density at radius 1 is 1.12 bits per heavy atom. The van der Waals surface area contributed by atoms with Crippen LogP contribution in [0, 0.1) is 5.82 Å². The number of allylic oxidation sites excluding steroid dienone is 1. The van der Waals surface area contributed by atoms with Crippen molar-refractivity contribution in [2.24, 2.45) is 0 Å². The molecule has 0 bridgehead atoms. The molecule has 5 rings (SSSR count). The molecule has 0 saturated heterocycles. The van der Waals surface area contributed by atoms with Crippen LogP contribution in [0.5, 0.6) is 0 Å². The minimum Gasteiger partial charge on any atom is -0.328 e. The van der Waals surface area contributed by atoms with Crippen molar-refractivity contribution >= 4 is 29.3 Å². The SMILES string of the molecule is CC1=C(C(=O)Nc2cccnc2)[C@@H](c2ccccc2F)n2nc(SCc3ccccc3)nc2N1. The lowest BCUT2D eigenvalue weighted by Gasteiger charge is -2.28. The Morgan fingerprint density at radius 2 is 1.91 bits per heavy atom. The molecule has 2 aromatic carbocycles. The summed E-state index contributed by atoms with van der Waals surface area (Å²) >= 11 is 1.48. The number of halogens is 1. The van der Waals surface area contributed by atoms with Gasteiger partial charge in [-0.3, -0.25) is 9.78 Å². The van der Waals surface area contributed by atoms with Gasteiger partial charge in [0.15, 0.2) is 0 Å². The van der Waals surface area contributed by atoms with Crippen molar-refractivity contribution in [1.29, 1.82) is 0 Å². The van der Waals surface area contributed by atoms with Gasteiger partial charge in [-0.25, -0.2) is 9.07 Å². The average Bonchev–Trinajstić information content (AvgIpc) is 3.26. The molecule has 2 aromatic heterocycles. The van der Waals surface area contributed by atoms with Gasteiger partial charge in [-0.2, -0.15) is 4.98 Å². The van der Waals surface area contributed by atoms with Gasteiger partial charge in [0.1, 0.15) is 11.9 Å². The second kappa shape index (κ2) is 9.48. The molecule has 2 N–H and O–H groups in total. The Labute approximate surface area is 200 Å². The lowest BCUT2D eigenvalue weighted by atomic mass is 9.94. The Balaban J connectivity index is 1.51. The van der Waals surface area contributed by atoms with Crippen LogP contribution in [0.2, 0.25) is 0 Å². The Bertz CT molecular complexity index is 1360. The van der Waals surface area contributed by atoms with E-state index in [9.17, 15) is 9.18 Å². The molecule has 1 amide bonds. The minimum atomic E-state index is -0.785. The molecular weight excluding hydrogens is 451 g/mol. The number of amides is 1. The van der Waals surface area contributed by atoms with E-state index in [2.05, 4.69) is 25.7 Å². The second-order valence-corrected chi connectivity index (χ2v) is 8.66. The van der Waals surface area contributed by atoms with Crippen molar-refractivity contribution in [1.82, 2.24) is 19.7 Å². The minimum absolute atomic E-state index is 0.338. The van der Waals surface area contributed by atoms with Gasteiger partial charge in [-0.1, -0.05) is 60.3 Å². The number of hydrogen-bond donors (Lipinski definition) is 2. The van der Waals surface area contributed by atoms with E-state index in [1.807, 2.05) is 30.3 Å². The van der Waals surface area contributed by atoms with Gasteiger partial charge in [0.05, 0.1) is 17.5 Å². The molecule has 170 valence electrons. The van der Waals surface area contributed by atoms with E-state index in [1.54, 1.807) is 54.3 Å². The summed E-state index contributed by atoms with van der Waals surface area (Å²) in [5.41, 5.74) is 2.96. The van der Waals surface area contributed by atoms with Gasteiger partial charge in [0, 0.05) is 23.2 Å². The third-order valence-corrected chi connectivity index (χ3v) is 6.32. The van der Waals surface area contributed by atoms with Crippen LogP contribution in [0.25, 0.3) is 0 Å². The lowest BCUT2D eigenvalue weighted by molar-refractivity contribution is -0.113. The van der Waals surface area contributed by atoms with Gasteiger partial charge >= 0.3 is 0 Å². The summed E-state index contributed by atoms with van der Waals surface area (Å²) in [5, 5.41) is 11.2. The van der Waals surface area contributed by atoms with Crippen LogP contribution in [-0.4, -0.2) is 25.7 Å². The number of aromatic nitrogens is 4. The van der Waals surface area contributed by atoms with Gasteiger partial charge in [0.2, 0.25) is 11.1 Å². The molecular formula is C25H21FN6OS. The largest absolute Gasteiger partial charge is 0.328 e. The van der Waals surface area contributed by atoms with E-state index in [4.69, 9.17) is 0 Å². The predicted octanol–water partition coefficient (Wildman–Crippen LogP) is 5.03. The van der Waals surface area contributed by atoms with Crippen molar-refractivity contribution in [2.75, 3.05) is 10.6 Å². The fourth-order valence-electron chi connectivity index (χ4n) is 3.83. The first-order chi connectivity index (χ1) is 16.6. The number of pyridine rings is 1. The highest BCUT2D eigenvalue weighted by Crippen LogP contribution is 2.37. The number of thioether (sulfide) groups is 1. The molecule has 1 aliphatic heterocycles. The maximum absolute atomic E-state index is 15.0. The van der Waals surface area contributed by atoms with Crippen molar-refractivity contribution < 1.29 is 9.18 Å². The number of benzene rings is 2. The summed E-state index contributed by atoms with van der Waals surface area (Å²) in [6, 6.07) is 19.1. The van der Waals surface area contributed by atoms with Crippen molar-refractivity contribution in [2.45, 2.75) is 23.9 Å². The Hall–Kier alpha value is -3.98. The van der Waals surface area contributed by atoms with E-state index in [0.717, 1.165) is 5.56 Å². The summed E-state index contributed by atoms with van der Waals surface area (Å²) in [6.07, 6.45) is 3.18. The molecule has 0 radical (unpaired) electrons. The second-order valence-electron chi connectivity index (χ2n) is 7.72. The Kier molecular flexibility index (Phi) is 6.09. The van der Waals surface area contributed by atoms with Crippen LogP contribution in [-0.2, 0) is 10.5 Å². The summed E-state index contributed by atoms with van der Waals surface area (Å²) in [7, 11) is 0. The standard InChI is InChI=1S/C25H21FN6OS/c1-16-21(23(33)29-18-10-7-13-27-14-18)22(19-11-5-6-12-20(19)26)32-24(28-16)30-25(31-32)34-15-17-8-3-2-4-9-17/h2-14,22H,15H2,1H3,(H,29,33)(H,28,30,31)/t22-/m1/s1. The molecule has 9 heteroatoms. The van der Waals surface area contributed by atoms with Gasteiger partial charge in [-0.15, -0.1) is 5.10 Å². The molecule has 0 saturated carbocycles. The van der Waals surface area contributed by atoms with Crippen molar-refractivity contribution in [3.05, 3.63) is 107 Å². The fraction of sp³-hybridized carbons (Fsp3) is 0.120. The van der Waals surface area contributed by atoms with Crippen LogP contribution < -0.4 is 10.6 Å². The summed E-state index contributed by atoms with van der Waals surface area (Å²) < 4.78 is 16.6. The van der Waals surface area contributed by atoms with E-state index in [-0.39, 0.29) is 5.91 Å². The number of fused-ring (bicyclic) bond motifs is 1. The smallest absolute Gasteiger partial charge is 0.255 e. The first kappa shape index (κ1) is 21.8. The summed E-state index contributed by atoms with van der Waals surface area (Å²) in [6.45, 7) is 1.78. The number of rotatable bonds is 6. The zero-order valence-corrected chi connectivity index (χ0v) is 19.1. The highest BCUT2D eigenvalue weighted by molar-refractivity contribution is 7.98. The topological polar surface area (TPSA) is 84.7 Å². The predicted molar refractivity (Wildman–Crippen MR) is 130 cm³/mol. The summed E-state index contributed by atoms with van der Waals surface area (Å²) in [4.78, 5) is 22.0. The third kappa shape index (κ3) is 4.42. The molecule has 3 heterocycles. The maximum atomic E-state index is 15.0. The molecule has 34 heavy (non-hydrogen) atoms. The van der Waals surface area contributed by atoms with Gasteiger partial charge < -0.3 is 10.6 Å². The van der Waals surface area contributed by atoms with Gasteiger partial charge in [-0.05, 0) is 30.7 Å². The summed E-state index contributed by atoms with van der Waals surface area (Å²) in [5.74, 6) is 0.356. The van der Waals surface area contributed by atoms with Gasteiger partial charge in [0.25, 0.3) is 5.91 Å². The van der Waals surface area contributed by atoms with E-state index >= 15 is 0 Å². The lowest BCUT2D eigenvalue weighted by Crippen LogP contribution is -2.32. The van der Waals surface area contributed by atoms with Crippen LogP contribution >= 0.6 is 11.8 Å². The first-order valence-corrected chi connectivity index (χ1v) is 11.7. The van der Waals surface area contributed by atoms with Crippen LogP contribution in [0.15, 0.2) is 95.6 Å². The number of nitrogens with one attached hydrogen (secondary N) is 2. The molecule has 4 aromatic rings. The van der Waals surface area contributed by atoms with Crippen LogP contribution in [0.3, 0.4) is 0 Å². The van der Waals surface area contributed by atoms with Crippen molar-refractivity contribution in [3.8, 4) is 0 Å². The molecule has 0 aliphatic carbocycles. The normalized spacial score (nSPS) is 14.9. The fourth-order valence-corrected chi connectivity index (χ4v) is 4.61. The number of hydrogen-bond acceptors (Lipinski definition) is 6. The molecule has 0 fully saturated rings. The molecule has 1 aliphatic rings. The number of carbonyl (C=O) groups is 1. The van der Waals surface area contributed by atoms with Crippen molar-refractivity contribution in [3.63, 3.8) is 0 Å². The number of anilines is 2. The first-order valence-electron chi connectivity index (χ1n) is 10.7. The van der Waals surface area contributed by atoms with Crippen LogP contribution in [0.1, 0.15) is 24.1 Å². The van der Waals surface area contributed by atoms with E-state index in [1.165, 1.54) is 17.8 Å². The third-order valence-electron chi connectivity index (χ3n) is 5.41.